The highest BCUT2D eigenvalue weighted by Crippen LogP contribution is 2.26. The van der Waals surface area contributed by atoms with Crippen LogP contribution in [0.15, 0.2) is 18.2 Å². The highest BCUT2D eigenvalue weighted by atomic mass is 16.5. The Bertz CT molecular complexity index is 369. The first-order valence-corrected chi connectivity index (χ1v) is 6.57. The molecular weight excluding hydrogens is 226 g/mol. The van der Waals surface area contributed by atoms with E-state index >= 15 is 0 Å². The van der Waals surface area contributed by atoms with E-state index in [-0.39, 0.29) is 5.41 Å². The van der Waals surface area contributed by atoms with Crippen LogP contribution in [-0.2, 0) is 0 Å². The van der Waals surface area contributed by atoms with E-state index in [9.17, 15) is 0 Å². The average Bonchev–Trinajstić information content (AvgIpc) is 2.24. The van der Waals surface area contributed by atoms with Crippen LogP contribution in [0.2, 0.25) is 0 Å². The molecule has 0 amide bonds. The van der Waals surface area contributed by atoms with E-state index in [0.29, 0.717) is 18.9 Å². The summed E-state index contributed by atoms with van der Waals surface area (Å²) in [5.41, 5.74) is 6.78. The molecule has 1 aromatic carbocycles. The summed E-state index contributed by atoms with van der Waals surface area (Å²) in [7, 11) is 0. The zero-order valence-electron chi connectivity index (χ0n) is 12.0. The Morgan fingerprint density at radius 1 is 1.00 bits per heavy atom. The van der Waals surface area contributed by atoms with E-state index in [1.165, 1.54) is 0 Å². The molecule has 0 aliphatic rings. The van der Waals surface area contributed by atoms with Crippen molar-refractivity contribution in [1.29, 1.82) is 0 Å². The average molecular weight is 251 g/mol. The van der Waals surface area contributed by atoms with Gasteiger partial charge in [-0.1, -0.05) is 27.7 Å². The molecule has 0 bridgehead atoms. The zero-order chi connectivity index (χ0) is 13.6. The second kappa shape index (κ2) is 6.53. The highest BCUT2D eigenvalue weighted by Gasteiger charge is 2.10. The second-order valence-electron chi connectivity index (χ2n) is 5.75. The van der Waals surface area contributed by atoms with E-state index in [2.05, 4.69) is 27.7 Å². The SMILES string of the molecule is CCCOc1cc(N)cc(OCCC(C)(C)C)c1. The van der Waals surface area contributed by atoms with Crippen molar-refractivity contribution in [2.24, 2.45) is 5.41 Å². The van der Waals surface area contributed by atoms with Gasteiger partial charge in [-0.3, -0.25) is 0 Å². The molecule has 18 heavy (non-hydrogen) atoms. The second-order valence-corrected chi connectivity index (χ2v) is 5.75. The van der Waals surface area contributed by atoms with Gasteiger partial charge in [-0.2, -0.15) is 0 Å². The van der Waals surface area contributed by atoms with Gasteiger partial charge in [-0.05, 0) is 18.3 Å². The molecule has 3 nitrogen and oxygen atoms in total. The standard InChI is InChI=1S/C15H25NO2/c1-5-7-17-13-9-12(16)10-14(11-13)18-8-6-15(2,3)4/h9-11H,5-8,16H2,1-4H3. The molecule has 0 aliphatic heterocycles. The minimum atomic E-state index is 0.280. The maximum Gasteiger partial charge on any atom is 0.125 e. The number of rotatable bonds is 6. The van der Waals surface area contributed by atoms with Gasteiger partial charge in [0.15, 0.2) is 0 Å². The smallest absolute Gasteiger partial charge is 0.125 e. The van der Waals surface area contributed by atoms with Gasteiger partial charge in [-0.25, -0.2) is 0 Å². The van der Waals surface area contributed by atoms with E-state index in [0.717, 1.165) is 24.3 Å². The monoisotopic (exact) mass is 251 g/mol. The van der Waals surface area contributed by atoms with Gasteiger partial charge in [0, 0.05) is 23.9 Å². The molecule has 0 saturated carbocycles. The summed E-state index contributed by atoms with van der Waals surface area (Å²) in [6, 6.07) is 5.56. The molecule has 2 N–H and O–H groups in total. The predicted octanol–water partition coefficient (Wildman–Crippen LogP) is 3.87. The van der Waals surface area contributed by atoms with Crippen LogP contribution in [0.25, 0.3) is 0 Å². The largest absolute Gasteiger partial charge is 0.493 e. The van der Waals surface area contributed by atoms with Crippen LogP contribution in [0.5, 0.6) is 11.5 Å². The van der Waals surface area contributed by atoms with Gasteiger partial charge in [0.1, 0.15) is 11.5 Å². The Morgan fingerprint density at radius 2 is 1.56 bits per heavy atom. The number of hydrogen-bond donors (Lipinski definition) is 1. The first kappa shape index (κ1) is 14.7. The van der Waals surface area contributed by atoms with Crippen molar-refractivity contribution in [3.63, 3.8) is 0 Å². The van der Waals surface area contributed by atoms with E-state index < -0.39 is 0 Å². The molecule has 0 heterocycles. The minimum Gasteiger partial charge on any atom is -0.493 e. The van der Waals surface area contributed by atoms with Gasteiger partial charge < -0.3 is 15.2 Å². The summed E-state index contributed by atoms with van der Waals surface area (Å²) in [6.07, 6.45) is 1.99. The molecule has 1 aromatic rings. The number of benzene rings is 1. The fourth-order valence-electron chi connectivity index (χ4n) is 1.46. The number of ether oxygens (including phenoxy) is 2. The van der Waals surface area contributed by atoms with Crippen LogP contribution in [0.3, 0.4) is 0 Å². The Morgan fingerprint density at radius 3 is 2.06 bits per heavy atom. The van der Waals surface area contributed by atoms with Crippen LogP contribution < -0.4 is 15.2 Å². The molecule has 0 spiro atoms. The number of nitrogen functional groups attached to an aromatic ring is 1. The van der Waals surface area contributed by atoms with Gasteiger partial charge in [-0.15, -0.1) is 0 Å². The molecule has 0 aliphatic carbocycles. The van der Waals surface area contributed by atoms with Gasteiger partial charge in [0.25, 0.3) is 0 Å². The fraction of sp³-hybridized carbons (Fsp3) is 0.600. The summed E-state index contributed by atoms with van der Waals surface area (Å²) in [5, 5.41) is 0. The van der Waals surface area contributed by atoms with E-state index in [1.807, 2.05) is 18.2 Å². The van der Waals surface area contributed by atoms with Crippen molar-refractivity contribution in [1.82, 2.24) is 0 Å². The normalized spacial score (nSPS) is 11.3. The molecular formula is C15H25NO2. The molecule has 1 rings (SSSR count). The van der Waals surface area contributed by atoms with Crippen LogP contribution >= 0.6 is 0 Å². The van der Waals surface area contributed by atoms with Crippen molar-refractivity contribution in [2.45, 2.75) is 40.5 Å². The quantitative estimate of drug-likeness (QED) is 0.780. The minimum absolute atomic E-state index is 0.280. The predicted molar refractivity (Wildman–Crippen MR) is 76.2 cm³/mol. The van der Waals surface area contributed by atoms with Crippen molar-refractivity contribution in [3.05, 3.63) is 18.2 Å². The summed E-state index contributed by atoms with van der Waals surface area (Å²) >= 11 is 0. The van der Waals surface area contributed by atoms with Crippen LogP contribution in [0.4, 0.5) is 5.69 Å². The molecule has 0 atom stereocenters. The molecule has 0 saturated heterocycles. The lowest BCUT2D eigenvalue weighted by molar-refractivity contribution is 0.241. The molecule has 0 radical (unpaired) electrons. The van der Waals surface area contributed by atoms with Crippen molar-refractivity contribution in [2.75, 3.05) is 18.9 Å². The molecule has 3 heteroatoms. The topological polar surface area (TPSA) is 44.5 Å². The summed E-state index contributed by atoms with van der Waals surface area (Å²) in [5.74, 6) is 1.56. The first-order chi connectivity index (χ1) is 8.40. The molecule has 0 fully saturated rings. The van der Waals surface area contributed by atoms with Crippen molar-refractivity contribution < 1.29 is 9.47 Å². The van der Waals surface area contributed by atoms with Crippen LogP contribution in [0, 0.1) is 5.41 Å². The third-order valence-corrected chi connectivity index (χ3v) is 2.50. The summed E-state index contributed by atoms with van der Waals surface area (Å²) in [4.78, 5) is 0. The molecule has 102 valence electrons. The Hall–Kier alpha value is -1.38. The molecule has 0 aromatic heterocycles. The van der Waals surface area contributed by atoms with E-state index in [1.54, 1.807) is 0 Å². The number of hydrogen-bond acceptors (Lipinski definition) is 3. The highest BCUT2D eigenvalue weighted by molar-refractivity contribution is 5.50. The Labute approximate surface area is 110 Å². The molecule has 0 unspecified atom stereocenters. The summed E-state index contributed by atoms with van der Waals surface area (Å²) in [6.45, 7) is 10.1. The zero-order valence-corrected chi connectivity index (χ0v) is 12.0. The van der Waals surface area contributed by atoms with Gasteiger partial charge in [0.05, 0.1) is 13.2 Å². The van der Waals surface area contributed by atoms with Crippen LogP contribution in [0.1, 0.15) is 40.5 Å². The van der Waals surface area contributed by atoms with Gasteiger partial charge >= 0.3 is 0 Å². The number of anilines is 1. The van der Waals surface area contributed by atoms with Crippen molar-refractivity contribution >= 4 is 5.69 Å². The van der Waals surface area contributed by atoms with E-state index in [4.69, 9.17) is 15.2 Å². The lowest BCUT2D eigenvalue weighted by Gasteiger charge is -2.18. The third kappa shape index (κ3) is 5.80. The summed E-state index contributed by atoms with van der Waals surface area (Å²) < 4.78 is 11.3. The Balaban J connectivity index is 2.57. The third-order valence-electron chi connectivity index (χ3n) is 2.50. The first-order valence-electron chi connectivity index (χ1n) is 6.57. The fourth-order valence-corrected chi connectivity index (χ4v) is 1.46. The maximum atomic E-state index is 5.83. The van der Waals surface area contributed by atoms with Crippen LogP contribution in [-0.4, -0.2) is 13.2 Å². The lowest BCUT2D eigenvalue weighted by Crippen LogP contribution is -2.11. The van der Waals surface area contributed by atoms with Crippen molar-refractivity contribution in [3.8, 4) is 11.5 Å². The Kier molecular flexibility index (Phi) is 5.32. The lowest BCUT2D eigenvalue weighted by atomic mass is 9.93. The van der Waals surface area contributed by atoms with Gasteiger partial charge in [0.2, 0.25) is 0 Å². The maximum absolute atomic E-state index is 5.83. The number of nitrogens with two attached hydrogens (primary N) is 1.